The predicted octanol–water partition coefficient (Wildman–Crippen LogP) is 5.33. The Bertz CT molecular complexity index is 2100. The van der Waals surface area contributed by atoms with Gasteiger partial charge in [-0.1, -0.05) is 72.3 Å². The van der Waals surface area contributed by atoms with Crippen LogP contribution >= 0.6 is 11.6 Å². The van der Waals surface area contributed by atoms with E-state index in [0.717, 1.165) is 26.9 Å². The molecule has 1 aromatic heterocycles. The van der Waals surface area contributed by atoms with Gasteiger partial charge in [-0.2, -0.15) is 0 Å². The van der Waals surface area contributed by atoms with Crippen LogP contribution in [0.4, 0.5) is 5.69 Å². The van der Waals surface area contributed by atoms with E-state index in [9.17, 15) is 24.3 Å². The number of carbonyl (C=O) groups excluding carboxylic acids is 2. The first kappa shape index (κ1) is 29.7. The summed E-state index contributed by atoms with van der Waals surface area (Å²) in [4.78, 5) is 56.7. The van der Waals surface area contributed by atoms with E-state index in [1.165, 1.54) is 12.3 Å². The van der Waals surface area contributed by atoms with E-state index in [1.807, 2.05) is 72.8 Å². The second-order valence-electron chi connectivity index (χ2n) is 12.0. The molecule has 5 aromatic rings. The van der Waals surface area contributed by atoms with Crippen LogP contribution in [0.15, 0.2) is 100 Å². The quantitative estimate of drug-likeness (QED) is 0.195. The lowest BCUT2D eigenvalue weighted by Crippen LogP contribution is -2.57. The lowest BCUT2D eigenvalue weighted by molar-refractivity contribution is -0.151. The summed E-state index contributed by atoms with van der Waals surface area (Å²) in [5.74, 6) is -4.84. The number of carbonyl (C=O) groups is 3. The number of anilines is 1. The normalized spacial score (nSPS) is 22.5. The molecule has 10 heteroatoms. The van der Waals surface area contributed by atoms with Crippen LogP contribution in [0.3, 0.4) is 0 Å². The Morgan fingerprint density at radius 1 is 0.978 bits per heavy atom. The SMILES string of the molecule is Cc1cc2occ(C3NC(Cc4ccc5ccccc5c4)(C(=O)O)C4C(=O)N(CCNc5ccccc5)C(=O)C34)c(=O)c2cc1Cl. The summed E-state index contributed by atoms with van der Waals surface area (Å²) < 4.78 is 5.85. The van der Waals surface area contributed by atoms with Gasteiger partial charge in [0.05, 0.1) is 35.1 Å². The molecule has 0 saturated carbocycles. The highest BCUT2D eigenvalue weighted by molar-refractivity contribution is 6.32. The van der Waals surface area contributed by atoms with Gasteiger partial charge in [-0.25, -0.2) is 0 Å². The summed E-state index contributed by atoms with van der Waals surface area (Å²) in [6, 6.07) is 24.7. The largest absolute Gasteiger partial charge is 0.480 e. The first-order valence-corrected chi connectivity index (χ1v) is 15.4. The summed E-state index contributed by atoms with van der Waals surface area (Å²) in [5.41, 5.74) is 0.253. The topological polar surface area (TPSA) is 129 Å². The zero-order chi connectivity index (χ0) is 32.2. The van der Waals surface area contributed by atoms with E-state index in [1.54, 1.807) is 13.0 Å². The maximum atomic E-state index is 14.2. The van der Waals surface area contributed by atoms with E-state index < -0.39 is 46.6 Å². The molecule has 4 aromatic carbocycles. The van der Waals surface area contributed by atoms with Gasteiger partial charge < -0.3 is 14.8 Å². The third-order valence-electron chi connectivity index (χ3n) is 9.28. The monoisotopic (exact) mass is 635 g/mol. The number of rotatable bonds is 8. The van der Waals surface area contributed by atoms with Gasteiger partial charge in [-0.15, -0.1) is 0 Å². The Kier molecular flexibility index (Phi) is 7.38. The van der Waals surface area contributed by atoms with Crippen LogP contribution in [0.5, 0.6) is 0 Å². The average Bonchev–Trinajstić information content (AvgIpc) is 3.52. The molecule has 4 unspecified atom stereocenters. The molecule has 7 rings (SSSR count). The lowest BCUT2D eigenvalue weighted by Gasteiger charge is -2.31. The molecule has 2 aliphatic heterocycles. The number of amides is 2. The number of halogens is 1. The number of carboxylic acids is 1. The lowest BCUT2D eigenvalue weighted by atomic mass is 9.76. The summed E-state index contributed by atoms with van der Waals surface area (Å²) in [6.07, 6.45) is 1.17. The van der Waals surface area contributed by atoms with Crippen LogP contribution in [0.2, 0.25) is 5.02 Å². The first-order valence-electron chi connectivity index (χ1n) is 15.0. The maximum absolute atomic E-state index is 14.2. The molecule has 232 valence electrons. The minimum atomic E-state index is -1.89. The molecule has 0 spiro atoms. The summed E-state index contributed by atoms with van der Waals surface area (Å²) in [7, 11) is 0. The van der Waals surface area contributed by atoms with Crippen molar-refractivity contribution in [3.63, 3.8) is 0 Å². The molecule has 2 aliphatic rings. The number of likely N-dealkylation sites (tertiary alicyclic amines) is 1. The molecule has 4 atom stereocenters. The molecular weight excluding hydrogens is 606 g/mol. The number of fused-ring (bicyclic) bond motifs is 3. The van der Waals surface area contributed by atoms with Crippen LogP contribution in [-0.4, -0.2) is 46.4 Å². The summed E-state index contributed by atoms with van der Waals surface area (Å²) in [6.45, 7) is 2.08. The molecule has 0 bridgehead atoms. The second kappa shape index (κ2) is 11.4. The highest BCUT2D eigenvalue weighted by Crippen LogP contribution is 2.50. The van der Waals surface area contributed by atoms with Crippen molar-refractivity contribution in [1.29, 1.82) is 0 Å². The van der Waals surface area contributed by atoms with E-state index >= 15 is 0 Å². The number of nitrogens with one attached hydrogen (secondary N) is 2. The van der Waals surface area contributed by atoms with Gasteiger partial charge in [-0.3, -0.25) is 29.4 Å². The molecule has 46 heavy (non-hydrogen) atoms. The number of hydrogen-bond acceptors (Lipinski definition) is 7. The van der Waals surface area contributed by atoms with Crippen LogP contribution < -0.4 is 16.1 Å². The van der Waals surface area contributed by atoms with Crippen molar-refractivity contribution in [2.24, 2.45) is 11.8 Å². The Hall–Kier alpha value is -4.99. The van der Waals surface area contributed by atoms with E-state index in [0.29, 0.717) is 16.2 Å². The van der Waals surface area contributed by atoms with Crippen molar-refractivity contribution >= 4 is 56.8 Å². The standard InChI is InChI=1S/C36H30ClN3O6/c1-20-15-28-25(17-27(20)37)32(41)26(19-46-28)31-29-30(34(43)40(33(29)42)14-13-38-24-9-3-2-4-10-24)36(39-31,35(44)45)18-21-11-12-22-7-5-6-8-23(22)16-21/h2-12,15-17,19,29-31,38-39H,13-14,18H2,1H3,(H,44,45). The zero-order valence-electron chi connectivity index (χ0n) is 24.8. The fourth-order valence-electron chi connectivity index (χ4n) is 7.00. The molecule has 0 aliphatic carbocycles. The fourth-order valence-corrected chi connectivity index (χ4v) is 7.17. The third-order valence-corrected chi connectivity index (χ3v) is 9.69. The third kappa shape index (κ3) is 4.83. The smallest absolute Gasteiger partial charge is 0.325 e. The highest BCUT2D eigenvalue weighted by atomic mass is 35.5. The Balaban J connectivity index is 1.31. The molecule has 2 amide bonds. The first-order chi connectivity index (χ1) is 22.2. The molecular formula is C36H30ClN3O6. The minimum absolute atomic E-state index is 0.0270. The minimum Gasteiger partial charge on any atom is -0.480 e. The number of imide groups is 1. The van der Waals surface area contributed by atoms with Gasteiger partial charge in [0.15, 0.2) is 5.43 Å². The van der Waals surface area contributed by atoms with Crippen molar-refractivity contribution in [1.82, 2.24) is 10.2 Å². The van der Waals surface area contributed by atoms with Gasteiger partial charge in [-0.05, 0) is 53.1 Å². The van der Waals surface area contributed by atoms with E-state index in [2.05, 4.69) is 10.6 Å². The number of hydrogen-bond donors (Lipinski definition) is 3. The number of carboxylic acid groups (broad SMARTS) is 1. The zero-order valence-corrected chi connectivity index (χ0v) is 25.6. The number of aliphatic carboxylic acids is 1. The van der Waals surface area contributed by atoms with Crippen LogP contribution in [0.1, 0.15) is 22.7 Å². The average molecular weight is 636 g/mol. The van der Waals surface area contributed by atoms with E-state index in [4.69, 9.17) is 16.0 Å². The second-order valence-corrected chi connectivity index (χ2v) is 12.4. The molecule has 2 saturated heterocycles. The summed E-state index contributed by atoms with van der Waals surface area (Å²) >= 11 is 6.35. The Morgan fingerprint density at radius 3 is 2.48 bits per heavy atom. The number of para-hydroxylation sites is 1. The van der Waals surface area contributed by atoms with Gasteiger partial charge in [0.1, 0.15) is 11.1 Å². The van der Waals surface area contributed by atoms with Crippen molar-refractivity contribution in [2.45, 2.75) is 24.9 Å². The van der Waals surface area contributed by atoms with Crippen LogP contribution in [-0.2, 0) is 20.8 Å². The molecule has 2 fully saturated rings. The molecule has 3 heterocycles. The summed E-state index contributed by atoms with van der Waals surface area (Å²) in [5, 5.41) is 19.7. The molecule has 0 radical (unpaired) electrons. The van der Waals surface area contributed by atoms with Gasteiger partial charge in [0, 0.05) is 30.2 Å². The number of nitrogens with zero attached hydrogens (tertiary/aromatic N) is 1. The Labute approximate surface area is 268 Å². The van der Waals surface area contributed by atoms with Crippen molar-refractivity contribution in [3.05, 3.63) is 123 Å². The van der Waals surface area contributed by atoms with Crippen LogP contribution in [0.25, 0.3) is 21.7 Å². The van der Waals surface area contributed by atoms with E-state index in [-0.39, 0.29) is 30.5 Å². The van der Waals surface area contributed by atoms with Crippen molar-refractivity contribution in [2.75, 3.05) is 18.4 Å². The number of benzene rings is 4. The Morgan fingerprint density at radius 2 is 1.72 bits per heavy atom. The number of aryl methyl sites for hydroxylation is 1. The van der Waals surface area contributed by atoms with Crippen molar-refractivity contribution in [3.8, 4) is 0 Å². The predicted molar refractivity (Wildman–Crippen MR) is 175 cm³/mol. The van der Waals surface area contributed by atoms with Crippen LogP contribution in [0, 0.1) is 18.8 Å². The fraction of sp³-hybridized carbons (Fsp3) is 0.222. The highest BCUT2D eigenvalue weighted by Gasteiger charge is 2.68. The van der Waals surface area contributed by atoms with Crippen molar-refractivity contribution < 1.29 is 23.9 Å². The maximum Gasteiger partial charge on any atom is 0.325 e. The van der Waals surface area contributed by atoms with Gasteiger partial charge in [0.2, 0.25) is 11.8 Å². The molecule has 3 N–H and O–H groups in total. The van der Waals surface area contributed by atoms with Gasteiger partial charge >= 0.3 is 5.97 Å². The molecule has 9 nitrogen and oxygen atoms in total. The van der Waals surface area contributed by atoms with Gasteiger partial charge in [0.25, 0.3) is 0 Å².